The highest BCUT2D eigenvalue weighted by Crippen LogP contribution is 2.28. The van der Waals surface area contributed by atoms with Crippen LogP contribution in [0, 0.1) is 0 Å². The highest BCUT2D eigenvalue weighted by atomic mass is 32.2. The SMILES string of the molecule is C=C(CO)COc1cccc2c1C(N)=NS(=O)(=O)C2. The third-order valence-electron chi connectivity index (χ3n) is 2.60. The van der Waals surface area contributed by atoms with E-state index in [9.17, 15) is 8.42 Å². The van der Waals surface area contributed by atoms with Crippen LogP contribution in [-0.4, -0.2) is 32.6 Å². The number of fused-ring (bicyclic) bond motifs is 1. The molecule has 102 valence electrons. The highest BCUT2D eigenvalue weighted by Gasteiger charge is 2.25. The number of benzene rings is 1. The number of amidine groups is 1. The van der Waals surface area contributed by atoms with Gasteiger partial charge in [0.1, 0.15) is 18.2 Å². The molecule has 6 nitrogen and oxygen atoms in total. The van der Waals surface area contributed by atoms with Gasteiger partial charge < -0.3 is 15.6 Å². The fourth-order valence-corrected chi connectivity index (χ4v) is 2.85. The molecule has 1 aliphatic heterocycles. The van der Waals surface area contributed by atoms with E-state index < -0.39 is 10.0 Å². The lowest BCUT2D eigenvalue weighted by Gasteiger charge is -2.18. The number of rotatable bonds is 4. The zero-order valence-electron chi connectivity index (χ0n) is 10.2. The van der Waals surface area contributed by atoms with Gasteiger partial charge in [-0.15, -0.1) is 4.40 Å². The normalized spacial score (nSPS) is 16.4. The van der Waals surface area contributed by atoms with E-state index in [1.54, 1.807) is 18.2 Å². The molecular formula is C12H14N2O4S. The lowest BCUT2D eigenvalue weighted by molar-refractivity contribution is 0.288. The highest BCUT2D eigenvalue weighted by molar-refractivity contribution is 7.89. The number of hydrogen-bond acceptors (Lipinski definition) is 5. The predicted molar refractivity (Wildman–Crippen MR) is 71.5 cm³/mol. The van der Waals surface area contributed by atoms with Crippen LogP contribution in [0.2, 0.25) is 0 Å². The second kappa shape index (κ2) is 5.02. The van der Waals surface area contributed by atoms with Crippen LogP contribution in [-0.2, 0) is 15.8 Å². The Morgan fingerprint density at radius 3 is 2.95 bits per heavy atom. The molecule has 2 rings (SSSR count). The van der Waals surface area contributed by atoms with Crippen LogP contribution in [0.25, 0.3) is 0 Å². The van der Waals surface area contributed by atoms with Crippen LogP contribution in [0.1, 0.15) is 11.1 Å². The molecule has 7 heteroatoms. The van der Waals surface area contributed by atoms with Crippen molar-refractivity contribution in [2.45, 2.75) is 5.75 Å². The summed E-state index contributed by atoms with van der Waals surface area (Å²) in [6.07, 6.45) is 0. The molecule has 3 N–H and O–H groups in total. The van der Waals surface area contributed by atoms with E-state index in [0.717, 1.165) is 0 Å². The number of aliphatic hydroxyl groups is 1. The Balaban J connectivity index is 2.37. The summed E-state index contributed by atoms with van der Waals surface area (Å²) in [6.45, 7) is 3.57. The van der Waals surface area contributed by atoms with E-state index in [0.29, 0.717) is 22.4 Å². The van der Waals surface area contributed by atoms with E-state index in [1.165, 1.54) is 0 Å². The van der Waals surface area contributed by atoms with E-state index in [4.69, 9.17) is 15.6 Å². The summed E-state index contributed by atoms with van der Waals surface area (Å²) < 4.78 is 31.9. The molecule has 1 heterocycles. The third kappa shape index (κ3) is 2.94. The monoisotopic (exact) mass is 282 g/mol. The van der Waals surface area contributed by atoms with Crippen LogP contribution in [0.4, 0.5) is 0 Å². The van der Waals surface area contributed by atoms with Gasteiger partial charge in [-0.05, 0) is 17.2 Å². The molecule has 0 bridgehead atoms. The fraction of sp³-hybridized carbons (Fsp3) is 0.250. The Kier molecular flexibility index (Phi) is 3.59. The second-order valence-electron chi connectivity index (χ2n) is 4.19. The number of hydrogen-bond donors (Lipinski definition) is 2. The molecule has 0 amide bonds. The number of sulfonamides is 1. The van der Waals surface area contributed by atoms with Crippen molar-refractivity contribution in [3.05, 3.63) is 41.5 Å². The zero-order valence-corrected chi connectivity index (χ0v) is 11.0. The number of nitrogens with zero attached hydrogens (tertiary/aromatic N) is 1. The topological polar surface area (TPSA) is 102 Å². The molecule has 0 spiro atoms. The van der Waals surface area contributed by atoms with Crippen LogP contribution in [0.3, 0.4) is 0 Å². The Labute approximate surface area is 111 Å². The van der Waals surface area contributed by atoms with E-state index in [1.807, 2.05) is 0 Å². The third-order valence-corrected chi connectivity index (χ3v) is 3.75. The lowest BCUT2D eigenvalue weighted by atomic mass is 10.1. The Morgan fingerprint density at radius 1 is 1.53 bits per heavy atom. The predicted octanol–water partition coefficient (Wildman–Crippen LogP) is 0.163. The quantitative estimate of drug-likeness (QED) is 0.766. The van der Waals surface area contributed by atoms with Crippen LogP contribution >= 0.6 is 0 Å². The summed E-state index contributed by atoms with van der Waals surface area (Å²) >= 11 is 0. The van der Waals surface area contributed by atoms with Crippen LogP contribution in [0.5, 0.6) is 5.75 Å². The van der Waals surface area contributed by atoms with E-state index in [-0.39, 0.29) is 24.8 Å². The maximum Gasteiger partial charge on any atom is 0.259 e. The average Bonchev–Trinajstić information content (AvgIpc) is 2.33. The number of aliphatic hydroxyl groups excluding tert-OH is 1. The van der Waals surface area contributed by atoms with Crippen molar-refractivity contribution in [2.24, 2.45) is 10.1 Å². The maximum absolute atomic E-state index is 11.5. The van der Waals surface area contributed by atoms with Crippen molar-refractivity contribution in [1.29, 1.82) is 0 Å². The van der Waals surface area contributed by atoms with Gasteiger partial charge in [-0.2, -0.15) is 0 Å². The van der Waals surface area contributed by atoms with Gasteiger partial charge in [0.15, 0.2) is 0 Å². The molecule has 0 fully saturated rings. The van der Waals surface area contributed by atoms with Crippen LogP contribution in [0.15, 0.2) is 34.7 Å². The van der Waals surface area contributed by atoms with E-state index >= 15 is 0 Å². The second-order valence-corrected chi connectivity index (χ2v) is 5.82. The number of nitrogens with two attached hydrogens (primary N) is 1. The molecule has 0 atom stereocenters. The molecule has 1 aromatic rings. The van der Waals surface area contributed by atoms with Crippen molar-refractivity contribution in [1.82, 2.24) is 0 Å². The molecule has 0 radical (unpaired) electrons. The Bertz CT molecular complexity index is 650. The number of ether oxygens (including phenoxy) is 1. The van der Waals surface area contributed by atoms with Gasteiger partial charge in [0.05, 0.1) is 17.9 Å². The van der Waals surface area contributed by atoms with Crippen molar-refractivity contribution >= 4 is 15.9 Å². The molecule has 0 aliphatic carbocycles. The first-order valence-electron chi connectivity index (χ1n) is 5.53. The molecular weight excluding hydrogens is 268 g/mol. The molecule has 0 unspecified atom stereocenters. The Morgan fingerprint density at radius 2 is 2.26 bits per heavy atom. The summed E-state index contributed by atoms with van der Waals surface area (Å²) in [5, 5.41) is 8.86. The van der Waals surface area contributed by atoms with Gasteiger partial charge in [0.2, 0.25) is 0 Å². The van der Waals surface area contributed by atoms with Crippen molar-refractivity contribution in [3.63, 3.8) is 0 Å². The molecule has 0 aromatic heterocycles. The molecule has 0 saturated carbocycles. The van der Waals surface area contributed by atoms with Crippen LogP contribution < -0.4 is 10.5 Å². The average molecular weight is 282 g/mol. The van der Waals surface area contributed by atoms with Gasteiger partial charge in [-0.25, -0.2) is 8.42 Å². The molecule has 1 aliphatic rings. The maximum atomic E-state index is 11.5. The van der Waals surface area contributed by atoms with Gasteiger partial charge in [-0.3, -0.25) is 0 Å². The summed E-state index contributed by atoms with van der Waals surface area (Å²) in [4.78, 5) is 0. The van der Waals surface area contributed by atoms with Crippen molar-refractivity contribution < 1.29 is 18.3 Å². The van der Waals surface area contributed by atoms with Gasteiger partial charge >= 0.3 is 0 Å². The summed E-state index contributed by atoms with van der Waals surface area (Å²) in [5.74, 6) is 0.163. The minimum Gasteiger partial charge on any atom is -0.488 e. The molecule has 0 saturated heterocycles. The lowest BCUT2D eigenvalue weighted by Crippen LogP contribution is -2.25. The van der Waals surface area contributed by atoms with Gasteiger partial charge in [0, 0.05) is 0 Å². The summed E-state index contributed by atoms with van der Waals surface area (Å²) in [7, 11) is -3.55. The Hall–Kier alpha value is -1.86. The van der Waals surface area contributed by atoms with Gasteiger partial charge in [-0.1, -0.05) is 18.7 Å². The van der Waals surface area contributed by atoms with Crippen molar-refractivity contribution in [3.8, 4) is 5.75 Å². The minimum absolute atomic E-state index is 0.0774. The summed E-state index contributed by atoms with van der Waals surface area (Å²) in [5.41, 5.74) is 7.24. The first-order valence-corrected chi connectivity index (χ1v) is 7.14. The molecule has 1 aromatic carbocycles. The standard InChI is InChI=1S/C12H14N2O4S/c1-8(5-15)6-18-10-4-2-3-9-7-19(16,17)14-12(13)11(9)10/h2-4,15H,1,5-7H2,(H2,13,14). The largest absolute Gasteiger partial charge is 0.488 e. The first-order chi connectivity index (χ1) is 8.93. The van der Waals surface area contributed by atoms with Gasteiger partial charge in [0.25, 0.3) is 10.0 Å². The van der Waals surface area contributed by atoms with Crippen molar-refractivity contribution in [2.75, 3.05) is 13.2 Å². The minimum atomic E-state index is -3.55. The zero-order chi connectivity index (χ0) is 14.0. The summed E-state index contributed by atoms with van der Waals surface area (Å²) in [6, 6.07) is 5.02. The smallest absolute Gasteiger partial charge is 0.259 e. The fourth-order valence-electron chi connectivity index (χ4n) is 1.76. The first kappa shape index (κ1) is 13.6. The van der Waals surface area contributed by atoms with E-state index in [2.05, 4.69) is 11.0 Å². The molecule has 19 heavy (non-hydrogen) atoms.